The first-order valence-corrected chi connectivity index (χ1v) is 7.97. The zero-order valence-electron chi connectivity index (χ0n) is 11.2. The summed E-state index contributed by atoms with van der Waals surface area (Å²) in [4.78, 5) is 1.32. The highest BCUT2D eigenvalue weighted by atomic mass is 79.9. The van der Waals surface area contributed by atoms with Crippen molar-refractivity contribution in [2.45, 2.75) is 24.0 Å². The molecule has 0 bridgehead atoms. The first-order valence-electron chi connectivity index (χ1n) is 6.29. The van der Waals surface area contributed by atoms with Crippen LogP contribution in [0.3, 0.4) is 0 Å². The summed E-state index contributed by atoms with van der Waals surface area (Å²) >= 11 is 5.31. The van der Waals surface area contributed by atoms with Crippen molar-refractivity contribution in [3.05, 3.63) is 63.6 Å². The van der Waals surface area contributed by atoms with Gasteiger partial charge in [0, 0.05) is 21.2 Å². The van der Waals surface area contributed by atoms with Gasteiger partial charge < -0.3 is 5.73 Å². The molecule has 0 aromatic heterocycles. The molecule has 0 saturated heterocycles. The lowest BCUT2D eigenvalue weighted by molar-refractivity contribution is 0.939. The van der Waals surface area contributed by atoms with Crippen molar-refractivity contribution in [3.8, 4) is 0 Å². The van der Waals surface area contributed by atoms with Gasteiger partial charge in [-0.25, -0.2) is 0 Å². The van der Waals surface area contributed by atoms with Crippen LogP contribution in [0.2, 0.25) is 0 Å². The Balaban J connectivity index is 2.23. The maximum atomic E-state index is 5.95. The molecule has 100 valence electrons. The van der Waals surface area contributed by atoms with Crippen LogP contribution in [0.15, 0.2) is 51.8 Å². The fourth-order valence-electron chi connectivity index (χ4n) is 1.92. The summed E-state index contributed by atoms with van der Waals surface area (Å²) in [6, 6.07) is 15.0. The van der Waals surface area contributed by atoms with Gasteiger partial charge >= 0.3 is 0 Å². The van der Waals surface area contributed by atoms with Gasteiger partial charge in [-0.2, -0.15) is 0 Å². The third-order valence-electron chi connectivity index (χ3n) is 3.07. The number of thioether (sulfide) groups is 1. The Bertz CT molecular complexity index is 551. The average Bonchev–Trinajstić information content (AvgIpc) is 2.41. The highest BCUT2D eigenvalue weighted by Crippen LogP contribution is 2.36. The van der Waals surface area contributed by atoms with E-state index in [2.05, 4.69) is 72.2 Å². The summed E-state index contributed by atoms with van der Waals surface area (Å²) < 4.78 is 1.10. The molecular formula is C16H18BrNS. The summed E-state index contributed by atoms with van der Waals surface area (Å²) in [6.45, 7) is 4.91. The lowest BCUT2D eigenvalue weighted by atomic mass is 10.1. The number of benzene rings is 2. The van der Waals surface area contributed by atoms with Crippen molar-refractivity contribution < 1.29 is 0 Å². The lowest BCUT2D eigenvalue weighted by Gasteiger charge is -2.17. The van der Waals surface area contributed by atoms with Crippen LogP contribution in [0, 0.1) is 13.8 Å². The zero-order chi connectivity index (χ0) is 13.8. The van der Waals surface area contributed by atoms with Crippen molar-refractivity contribution in [2.75, 3.05) is 6.54 Å². The maximum absolute atomic E-state index is 5.95. The Morgan fingerprint density at radius 1 is 1.11 bits per heavy atom. The number of halogens is 1. The van der Waals surface area contributed by atoms with E-state index < -0.39 is 0 Å². The van der Waals surface area contributed by atoms with E-state index >= 15 is 0 Å². The highest BCUT2D eigenvalue weighted by molar-refractivity contribution is 9.10. The van der Waals surface area contributed by atoms with Gasteiger partial charge in [0.05, 0.1) is 0 Å². The number of aryl methyl sites for hydroxylation is 2. The van der Waals surface area contributed by atoms with Gasteiger partial charge in [-0.05, 0) is 43.2 Å². The number of hydrogen-bond donors (Lipinski definition) is 1. The molecule has 0 spiro atoms. The van der Waals surface area contributed by atoms with E-state index in [0.717, 1.165) is 4.47 Å². The Hall–Kier alpha value is -0.770. The van der Waals surface area contributed by atoms with Gasteiger partial charge in [0.15, 0.2) is 0 Å². The molecule has 2 rings (SSSR count). The molecule has 2 aromatic carbocycles. The van der Waals surface area contributed by atoms with E-state index in [0.29, 0.717) is 11.8 Å². The van der Waals surface area contributed by atoms with Gasteiger partial charge in [-0.15, -0.1) is 11.8 Å². The lowest BCUT2D eigenvalue weighted by Crippen LogP contribution is -2.09. The Labute approximate surface area is 127 Å². The minimum atomic E-state index is 0.300. The van der Waals surface area contributed by atoms with Crippen LogP contribution in [0.1, 0.15) is 21.9 Å². The van der Waals surface area contributed by atoms with Crippen molar-refractivity contribution in [1.82, 2.24) is 0 Å². The van der Waals surface area contributed by atoms with Crippen molar-refractivity contribution in [1.29, 1.82) is 0 Å². The van der Waals surface area contributed by atoms with E-state index in [4.69, 9.17) is 5.73 Å². The average molecular weight is 336 g/mol. The normalized spacial score (nSPS) is 12.4. The van der Waals surface area contributed by atoms with E-state index in [1.807, 2.05) is 11.8 Å². The fraction of sp³-hybridized carbons (Fsp3) is 0.250. The Morgan fingerprint density at radius 2 is 1.79 bits per heavy atom. The zero-order valence-corrected chi connectivity index (χ0v) is 13.6. The third-order valence-corrected chi connectivity index (χ3v) is 5.04. The second-order valence-electron chi connectivity index (χ2n) is 4.66. The highest BCUT2D eigenvalue weighted by Gasteiger charge is 2.12. The van der Waals surface area contributed by atoms with E-state index in [9.17, 15) is 0 Å². The molecule has 0 radical (unpaired) electrons. The Morgan fingerprint density at radius 3 is 2.42 bits per heavy atom. The number of nitrogens with two attached hydrogens (primary N) is 1. The smallest absolute Gasteiger partial charge is 0.0466 e. The molecular weight excluding hydrogens is 318 g/mol. The summed E-state index contributed by atoms with van der Waals surface area (Å²) in [6.07, 6.45) is 0. The van der Waals surface area contributed by atoms with Crippen molar-refractivity contribution >= 4 is 27.7 Å². The summed E-state index contributed by atoms with van der Waals surface area (Å²) in [5.74, 6) is 0. The molecule has 0 amide bonds. The minimum Gasteiger partial charge on any atom is -0.329 e. The van der Waals surface area contributed by atoms with E-state index in [1.165, 1.54) is 21.6 Å². The molecule has 1 nitrogen and oxygen atoms in total. The van der Waals surface area contributed by atoms with Crippen LogP contribution in [-0.4, -0.2) is 6.54 Å². The molecule has 0 fully saturated rings. The molecule has 2 aromatic rings. The first kappa shape index (κ1) is 14.6. The number of rotatable bonds is 4. The molecule has 0 aliphatic heterocycles. The van der Waals surface area contributed by atoms with E-state index in [1.54, 1.807) is 0 Å². The quantitative estimate of drug-likeness (QED) is 0.807. The van der Waals surface area contributed by atoms with Crippen molar-refractivity contribution in [3.63, 3.8) is 0 Å². The predicted molar refractivity (Wildman–Crippen MR) is 87.7 cm³/mol. The first-order chi connectivity index (χ1) is 9.10. The minimum absolute atomic E-state index is 0.300. The van der Waals surface area contributed by atoms with Gasteiger partial charge in [0.2, 0.25) is 0 Å². The second kappa shape index (κ2) is 6.60. The molecule has 1 unspecified atom stereocenters. The molecule has 0 heterocycles. The second-order valence-corrected chi connectivity index (χ2v) is 6.82. The molecule has 0 saturated carbocycles. The maximum Gasteiger partial charge on any atom is 0.0466 e. The summed E-state index contributed by atoms with van der Waals surface area (Å²) in [5.41, 5.74) is 9.82. The summed E-state index contributed by atoms with van der Waals surface area (Å²) in [7, 11) is 0. The van der Waals surface area contributed by atoms with Gasteiger partial charge in [-0.3, -0.25) is 0 Å². The largest absolute Gasteiger partial charge is 0.329 e. The van der Waals surface area contributed by atoms with Gasteiger partial charge in [0.1, 0.15) is 0 Å². The molecule has 0 aliphatic carbocycles. The van der Waals surface area contributed by atoms with Crippen molar-refractivity contribution in [2.24, 2.45) is 5.73 Å². The van der Waals surface area contributed by atoms with Crippen LogP contribution >= 0.6 is 27.7 Å². The SMILES string of the molecule is Cc1ccc(C)c(SC(CN)c2ccc(Br)cc2)c1. The van der Waals surface area contributed by atoms with Crippen LogP contribution in [0.5, 0.6) is 0 Å². The standard InChI is InChI=1S/C16H18BrNS/c1-11-3-4-12(2)15(9-11)19-16(10-18)13-5-7-14(17)8-6-13/h3-9,16H,10,18H2,1-2H3. The fourth-order valence-corrected chi connectivity index (χ4v) is 3.39. The molecule has 1 atom stereocenters. The van der Waals surface area contributed by atoms with Gasteiger partial charge in [0.25, 0.3) is 0 Å². The van der Waals surface area contributed by atoms with Crippen LogP contribution in [0.4, 0.5) is 0 Å². The van der Waals surface area contributed by atoms with Gasteiger partial charge in [-0.1, -0.05) is 45.8 Å². The summed E-state index contributed by atoms with van der Waals surface area (Å²) in [5, 5.41) is 0.300. The molecule has 2 N–H and O–H groups in total. The molecule has 0 aliphatic rings. The number of hydrogen-bond acceptors (Lipinski definition) is 2. The van der Waals surface area contributed by atoms with E-state index in [-0.39, 0.29) is 0 Å². The van der Waals surface area contributed by atoms with Crippen LogP contribution in [0.25, 0.3) is 0 Å². The Kier molecular flexibility index (Phi) is 5.08. The van der Waals surface area contributed by atoms with Crippen LogP contribution < -0.4 is 5.73 Å². The van der Waals surface area contributed by atoms with Crippen LogP contribution in [-0.2, 0) is 0 Å². The third kappa shape index (κ3) is 3.85. The molecule has 19 heavy (non-hydrogen) atoms. The molecule has 3 heteroatoms. The monoisotopic (exact) mass is 335 g/mol. The topological polar surface area (TPSA) is 26.0 Å². The predicted octanol–water partition coefficient (Wildman–Crippen LogP) is 4.86.